The largest absolute Gasteiger partial charge is 0.508 e. The van der Waals surface area contributed by atoms with Crippen LogP contribution < -0.4 is 14.9 Å². The summed E-state index contributed by atoms with van der Waals surface area (Å²) in [6, 6.07) is 11.4. The van der Waals surface area contributed by atoms with Crippen molar-refractivity contribution in [2.45, 2.75) is 26.2 Å². The Morgan fingerprint density at radius 1 is 1.15 bits per heavy atom. The van der Waals surface area contributed by atoms with Gasteiger partial charge >= 0.3 is 0 Å². The first kappa shape index (κ1) is 19.3. The zero-order valence-corrected chi connectivity index (χ0v) is 15.1. The van der Waals surface area contributed by atoms with Crippen LogP contribution in [0.25, 0.3) is 0 Å². The SMILES string of the molecule is CCCCCOc1ccc(/C=N\NC(=O)c2ccc(O)cc2)cc1OC. The summed E-state index contributed by atoms with van der Waals surface area (Å²) in [7, 11) is 1.59. The van der Waals surface area contributed by atoms with Crippen molar-refractivity contribution in [1.82, 2.24) is 5.43 Å². The lowest BCUT2D eigenvalue weighted by Gasteiger charge is -2.11. The van der Waals surface area contributed by atoms with Gasteiger partial charge in [0, 0.05) is 5.56 Å². The maximum absolute atomic E-state index is 11.9. The number of hydrazone groups is 1. The number of amides is 1. The topological polar surface area (TPSA) is 80.2 Å². The van der Waals surface area contributed by atoms with E-state index in [2.05, 4.69) is 17.5 Å². The number of phenolic OH excluding ortho intramolecular Hbond substituents is 1. The van der Waals surface area contributed by atoms with Gasteiger partial charge in [0.15, 0.2) is 11.5 Å². The van der Waals surface area contributed by atoms with Crippen LogP contribution in [0.2, 0.25) is 0 Å². The third-order valence-corrected chi connectivity index (χ3v) is 3.70. The van der Waals surface area contributed by atoms with Crippen molar-refractivity contribution in [1.29, 1.82) is 0 Å². The highest BCUT2D eigenvalue weighted by Crippen LogP contribution is 2.27. The van der Waals surface area contributed by atoms with E-state index in [4.69, 9.17) is 9.47 Å². The zero-order valence-electron chi connectivity index (χ0n) is 15.1. The highest BCUT2D eigenvalue weighted by molar-refractivity contribution is 5.95. The van der Waals surface area contributed by atoms with Gasteiger partial charge in [-0.15, -0.1) is 0 Å². The summed E-state index contributed by atoms with van der Waals surface area (Å²) in [5, 5.41) is 13.2. The lowest BCUT2D eigenvalue weighted by molar-refractivity contribution is 0.0955. The number of hydrogen-bond donors (Lipinski definition) is 2. The summed E-state index contributed by atoms with van der Waals surface area (Å²) in [6.45, 7) is 2.80. The van der Waals surface area contributed by atoms with E-state index in [1.807, 2.05) is 12.1 Å². The number of unbranched alkanes of at least 4 members (excludes halogenated alkanes) is 2. The Labute approximate surface area is 153 Å². The molecule has 138 valence electrons. The molecule has 26 heavy (non-hydrogen) atoms. The molecule has 0 saturated carbocycles. The maximum Gasteiger partial charge on any atom is 0.271 e. The first-order valence-electron chi connectivity index (χ1n) is 8.57. The number of phenols is 1. The molecular weight excluding hydrogens is 332 g/mol. The Balaban J connectivity index is 1.94. The standard InChI is InChI=1S/C20H24N2O4/c1-3-4-5-12-26-18-11-6-15(13-19(18)25-2)14-21-22-20(24)16-7-9-17(23)10-8-16/h6-11,13-14,23H,3-5,12H2,1-2H3,(H,22,24)/b21-14-. The number of ether oxygens (including phenoxy) is 2. The zero-order chi connectivity index (χ0) is 18.8. The summed E-state index contributed by atoms with van der Waals surface area (Å²) in [6.07, 6.45) is 4.81. The van der Waals surface area contributed by atoms with Gasteiger partial charge in [0.1, 0.15) is 5.75 Å². The number of rotatable bonds is 9. The molecule has 0 unspecified atom stereocenters. The van der Waals surface area contributed by atoms with Gasteiger partial charge in [0.25, 0.3) is 5.91 Å². The van der Waals surface area contributed by atoms with Gasteiger partial charge in [-0.25, -0.2) is 5.43 Å². The van der Waals surface area contributed by atoms with Crippen LogP contribution >= 0.6 is 0 Å². The molecule has 0 radical (unpaired) electrons. The summed E-state index contributed by atoms with van der Waals surface area (Å²) < 4.78 is 11.1. The Bertz CT molecular complexity index is 742. The maximum atomic E-state index is 11.9. The van der Waals surface area contributed by atoms with Gasteiger partial charge in [0.2, 0.25) is 0 Å². The van der Waals surface area contributed by atoms with E-state index in [0.717, 1.165) is 24.8 Å². The molecule has 0 aliphatic carbocycles. The number of carbonyl (C=O) groups is 1. The molecule has 0 aromatic heterocycles. The van der Waals surface area contributed by atoms with Crippen molar-refractivity contribution in [3.05, 3.63) is 53.6 Å². The van der Waals surface area contributed by atoms with Crippen LogP contribution in [0.3, 0.4) is 0 Å². The summed E-state index contributed by atoms with van der Waals surface area (Å²) in [4.78, 5) is 11.9. The highest BCUT2D eigenvalue weighted by atomic mass is 16.5. The molecule has 0 fully saturated rings. The van der Waals surface area contributed by atoms with E-state index >= 15 is 0 Å². The number of aromatic hydroxyl groups is 1. The van der Waals surface area contributed by atoms with Crippen LogP contribution in [-0.4, -0.2) is 30.9 Å². The third kappa shape index (κ3) is 5.81. The van der Waals surface area contributed by atoms with Gasteiger partial charge in [-0.2, -0.15) is 5.10 Å². The monoisotopic (exact) mass is 356 g/mol. The predicted molar refractivity (Wildman–Crippen MR) is 101 cm³/mol. The number of benzene rings is 2. The van der Waals surface area contributed by atoms with Gasteiger partial charge in [-0.05, 0) is 54.4 Å². The first-order chi connectivity index (χ1) is 12.6. The van der Waals surface area contributed by atoms with Crippen LogP contribution in [-0.2, 0) is 0 Å². The Hall–Kier alpha value is -3.02. The van der Waals surface area contributed by atoms with E-state index in [-0.39, 0.29) is 11.7 Å². The second-order valence-electron chi connectivity index (χ2n) is 5.71. The summed E-state index contributed by atoms with van der Waals surface area (Å²) >= 11 is 0. The summed E-state index contributed by atoms with van der Waals surface area (Å²) in [5.74, 6) is 1.06. The highest BCUT2D eigenvalue weighted by Gasteiger charge is 2.06. The molecule has 0 spiro atoms. The van der Waals surface area contributed by atoms with Gasteiger partial charge in [0.05, 0.1) is 19.9 Å². The molecule has 0 bridgehead atoms. The van der Waals surface area contributed by atoms with Crippen molar-refractivity contribution in [3.63, 3.8) is 0 Å². The second-order valence-corrected chi connectivity index (χ2v) is 5.71. The first-order valence-corrected chi connectivity index (χ1v) is 8.57. The minimum absolute atomic E-state index is 0.106. The molecule has 2 aromatic rings. The average molecular weight is 356 g/mol. The molecule has 0 aliphatic heterocycles. The Morgan fingerprint density at radius 2 is 1.92 bits per heavy atom. The minimum atomic E-state index is -0.357. The van der Waals surface area contributed by atoms with E-state index in [0.29, 0.717) is 23.7 Å². The van der Waals surface area contributed by atoms with Crippen molar-refractivity contribution >= 4 is 12.1 Å². The minimum Gasteiger partial charge on any atom is -0.508 e. The van der Waals surface area contributed by atoms with E-state index in [1.165, 1.54) is 30.5 Å². The van der Waals surface area contributed by atoms with Crippen molar-refractivity contribution in [2.24, 2.45) is 5.10 Å². The summed E-state index contributed by atoms with van der Waals surface area (Å²) in [5.41, 5.74) is 3.63. The molecule has 6 nitrogen and oxygen atoms in total. The smallest absolute Gasteiger partial charge is 0.271 e. The number of hydrogen-bond acceptors (Lipinski definition) is 5. The number of carbonyl (C=O) groups excluding carboxylic acids is 1. The molecule has 0 saturated heterocycles. The van der Waals surface area contributed by atoms with Crippen molar-refractivity contribution < 1.29 is 19.4 Å². The molecule has 0 aliphatic rings. The van der Waals surface area contributed by atoms with Crippen LogP contribution in [0.4, 0.5) is 0 Å². The molecule has 1 amide bonds. The number of methoxy groups -OCH3 is 1. The molecular formula is C20H24N2O4. The lowest BCUT2D eigenvalue weighted by atomic mass is 10.2. The normalized spacial score (nSPS) is 10.7. The fourth-order valence-corrected chi connectivity index (χ4v) is 2.26. The van der Waals surface area contributed by atoms with E-state index < -0.39 is 0 Å². The van der Waals surface area contributed by atoms with Crippen LogP contribution in [0.1, 0.15) is 42.1 Å². The lowest BCUT2D eigenvalue weighted by Crippen LogP contribution is -2.17. The number of nitrogens with zero attached hydrogens (tertiary/aromatic N) is 1. The van der Waals surface area contributed by atoms with E-state index in [1.54, 1.807) is 13.2 Å². The quantitative estimate of drug-likeness (QED) is 0.407. The van der Waals surface area contributed by atoms with E-state index in [9.17, 15) is 9.90 Å². The molecule has 2 rings (SSSR count). The van der Waals surface area contributed by atoms with Crippen LogP contribution in [0.15, 0.2) is 47.6 Å². The van der Waals surface area contributed by atoms with Gasteiger partial charge < -0.3 is 14.6 Å². The third-order valence-electron chi connectivity index (χ3n) is 3.70. The molecule has 2 aromatic carbocycles. The second kappa shape index (κ2) is 10.1. The van der Waals surface area contributed by atoms with Gasteiger partial charge in [-0.1, -0.05) is 19.8 Å². The van der Waals surface area contributed by atoms with Gasteiger partial charge in [-0.3, -0.25) is 4.79 Å². The fraction of sp³-hybridized carbons (Fsp3) is 0.300. The Kier molecular flexibility index (Phi) is 7.49. The molecule has 6 heteroatoms. The molecule has 2 N–H and O–H groups in total. The molecule has 0 atom stereocenters. The Morgan fingerprint density at radius 3 is 2.62 bits per heavy atom. The fourth-order valence-electron chi connectivity index (χ4n) is 2.26. The van der Waals surface area contributed by atoms with Crippen molar-refractivity contribution in [2.75, 3.05) is 13.7 Å². The number of nitrogens with one attached hydrogen (secondary N) is 1. The van der Waals surface area contributed by atoms with Crippen molar-refractivity contribution in [3.8, 4) is 17.2 Å². The van der Waals surface area contributed by atoms with Crippen LogP contribution in [0.5, 0.6) is 17.2 Å². The van der Waals surface area contributed by atoms with Crippen LogP contribution in [0, 0.1) is 0 Å². The predicted octanol–water partition coefficient (Wildman–Crippen LogP) is 3.73. The average Bonchev–Trinajstić information content (AvgIpc) is 2.66. The molecule has 0 heterocycles.